The topological polar surface area (TPSA) is 98.6 Å². The number of dihydropyridines is 1. The summed E-state index contributed by atoms with van der Waals surface area (Å²) in [4.78, 5) is 0. The van der Waals surface area contributed by atoms with Crippen molar-refractivity contribution in [1.29, 1.82) is 5.26 Å². The molecule has 4 rings (SSSR count). The number of allylic oxidation sites excluding steroid dienone is 2. The lowest BCUT2D eigenvalue weighted by Crippen LogP contribution is -2.49. The van der Waals surface area contributed by atoms with Crippen molar-refractivity contribution in [3.8, 4) is 6.07 Å². The van der Waals surface area contributed by atoms with Crippen molar-refractivity contribution in [1.82, 2.24) is 16.0 Å². The van der Waals surface area contributed by atoms with Gasteiger partial charge in [-0.1, -0.05) is 12.2 Å². The lowest BCUT2D eigenvalue weighted by atomic mass is 9.71. The largest absolute Gasteiger partial charge is 0.496 e. The van der Waals surface area contributed by atoms with E-state index in [4.69, 9.17) is 14.4 Å². The zero-order valence-electron chi connectivity index (χ0n) is 17.4. The van der Waals surface area contributed by atoms with Crippen molar-refractivity contribution >= 4 is 7.12 Å². The first kappa shape index (κ1) is 21.3. The highest BCUT2D eigenvalue weighted by molar-refractivity contribution is 6.55. The molecule has 3 fully saturated rings. The number of β-amino-alcohol motifs (C(OH)–C–C–N with tert-alkyl or cyclic N) is 1. The molecule has 28 heavy (non-hydrogen) atoms. The summed E-state index contributed by atoms with van der Waals surface area (Å²) in [6.45, 7) is 11.6. The highest BCUT2D eigenvalue weighted by Gasteiger charge is 2.52. The fourth-order valence-electron chi connectivity index (χ4n) is 3.61. The second-order valence-corrected chi connectivity index (χ2v) is 9.07. The Bertz CT molecular complexity index is 645. The smallest absolute Gasteiger partial charge is 0.399 e. The van der Waals surface area contributed by atoms with Crippen LogP contribution in [-0.2, 0) is 9.31 Å². The van der Waals surface area contributed by atoms with Crippen LogP contribution in [0.25, 0.3) is 0 Å². The number of nitriles is 1. The van der Waals surface area contributed by atoms with Crippen LogP contribution in [0.4, 0.5) is 0 Å². The summed E-state index contributed by atoms with van der Waals surface area (Å²) in [7, 11) is -0.365. The van der Waals surface area contributed by atoms with Gasteiger partial charge in [0.05, 0.1) is 34.8 Å². The molecule has 0 amide bonds. The molecule has 7 nitrogen and oxygen atoms in total. The van der Waals surface area contributed by atoms with Crippen molar-refractivity contribution in [2.45, 2.75) is 63.9 Å². The fraction of sp³-hybridized carbons (Fsp3) is 0.750. The van der Waals surface area contributed by atoms with E-state index in [9.17, 15) is 5.26 Å². The molecule has 1 atom stereocenters. The van der Waals surface area contributed by atoms with Gasteiger partial charge in [0.1, 0.15) is 0 Å². The van der Waals surface area contributed by atoms with E-state index in [-0.39, 0.29) is 35.9 Å². The minimum atomic E-state index is -0.365. The molecule has 0 radical (unpaired) electrons. The van der Waals surface area contributed by atoms with Gasteiger partial charge in [0, 0.05) is 13.1 Å². The molecule has 0 aromatic rings. The number of rotatable bonds is 2. The van der Waals surface area contributed by atoms with Gasteiger partial charge in [-0.3, -0.25) is 0 Å². The van der Waals surface area contributed by atoms with Crippen molar-refractivity contribution in [2.75, 3.05) is 26.2 Å². The number of hydrogen-bond donors (Lipinski definition) is 4. The van der Waals surface area contributed by atoms with Gasteiger partial charge in [-0.05, 0) is 65.3 Å². The van der Waals surface area contributed by atoms with Crippen LogP contribution in [0.5, 0.6) is 0 Å². The van der Waals surface area contributed by atoms with Crippen molar-refractivity contribution in [3.05, 3.63) is 23.8 Å². The molecule has 0 bridgehead atoms. The van der Waals surface area contributed by atoms with Gasteiger partial charge in [0.2, 0.25) is 0 Å². The van der Waals surface area contributed by atoms with Gasteiger partial charge in [-0.25, -0.2) is 0 Å². The van der Waals surface area contributed by atoms with Crippen LogP contribution in [0.1, 0.15) is 40.5 Å². The molecule has 4 aliphatic heterocycles. The lowest BCUT2D eigenvalue weighted by molar-refractivity contribution is 0.00578. The minimum absolute atomic E-state index is 0.0424. The maximum atomic E-state index is 9.69. The van der Waals surface area contributed by atoms with Gasteiger partial charge >= 0.3 is 7.12 Å². The summed E-state index contributed by atoms with van der Waals surface area (Å²) in [5.74, 6) is 0. The SMILES string of the molecule is CC1(C)OB(C2=CNC(C3(C#N)CCNCC3)C=C2)OC1(C)C.OC1CNC1. The van der Waals surface area contributed by atoms with E-state index in [0.29, 0.717) is 0 Å². The molecule has 4 aliphatic rings. The summed E-state index contributed by atoms with van der Waals surface area (Å²) in [5.41, 5.74) is -0.0419. The number of aliphatic hydroxyl groups is 1. The first-order valence-corrected chi connectivity index (χ1v) is 10.2. The van der Waals surface area contributed by atoms with Crippen molar-refractivity contribution in [2.24, 2.45) is 5.41 Å². The third kappa shape index (κ3) is 4.29. The molecule has 1 unspecified atom stereocenters. The molecular formula is C20H33BN4O3. The molecule has 0 aromatic carbocycles. The summed E-state index contributed by atoms with van der Waals surface area (Å²) >= 11 is 0. The van der Waals surface area contributed by atoms with Gasteiger partial charge in [0.15, 0.2) is 0 Å². The Morgan fingerprint density at radius 1 is 1.11 bits per heavy atom. The Morgan fingerprint density at radius 2 is 1.68 bits per heavy atom. The minimum Gasteiger partial charge on any atom is -0.399 e. The Morgan fingerprint density at radius 3 is 2.07 bits per heavy atom. The fourth-order valence-corrected chi connectivity index (χ4v) is 3.61. The monoisotopic (exact) mass is 388 g/mol. The van der Waals surface area contributed by atoms with Crippen LogP contribution in [-0.4, -0.2) is 61.8 Å². The number of piperidine rings is 1. The second kappa shape index (κ2) is 8.17. The van der Waals surface area contributed by atoms with Crippen LogP contribution >= 0.6 is 0 Å². The third-order valence-corrected chi connectivity index (χ3v) is 6.51. The first-order chi connectivity index (χ1) is 13.2. The highest BCUT2D eigenvalue weighted by atomic mass is 16.7. The highest BCUT2D eigenvalue weighted by Crippen LogP contribution is 2.40. The Hall–Kier alpha value is -1.37. The van der Waals surface area contributed by atoms with E-state index in [2.05, 4.69) is 55.8 Å². The molecular weight excluding hydrogens is 355 g/mol. The normalized spacial score (nSPS) is 30.2. The molecule has 4 heterocycles. The quantitative estimate of drug-likeness (QED) is 0.521. The van der Waals surface area contributed by atoms with E-state index < -0.39 is 0 Å². The number of aliphatic hydroxyl groups excluding tert-OH is 1. The van der Waals surface area contributed by atoms with Gasteiger partial charge in [-0.15, -0.1) is 0 Å². The molecule has 154 valence electrons. The van der Waals surface area contributed by atoms with E-state index in [0.717, 1.165) is 44.5 Å². The number of nitrogens with one attached hydrogen (secondary N) is 3. The molecule has 0 saturated carbocycles. The molecule has 4 N–H and O–H groups in total. The first-order valence-electron chi connectivity index (χ1n) is 10.2. The Balaban J connectivity index is 0.000000391. The van der Waals surface area contributed by atoms with Crippen molar-refractivity contribution < 1.29 is 14.4 Å². The van der Waals surface area contributed by atoms with E-state index in [1.807, 2.05) is 12.3 Å². The Labute approximate surface area is 168 Å². The van der Waals surface area contributed by atoms with Crippen molar-refractivity contribution in [3.63, 3.8) is 0 Å². The standard InChI is InChI=1S/C17H26BN3O2.C3H7NO/c1-15(2)16(3,4)23-18(22-15)13-5-6-14(21-11-13)17(12-19)7-9-20-10-8-17;5-3-1-4-2-3/h5-6,11,14,20-21H,7-10H2,1-4H3;3-5H,1-2H2. The van der Waals surface area contributed by atoms with Crippen LogP contribution in [0.15, 0.2) is 23.8 Å². The number of nitrogens with zero attached hydrogens (tertiary/aromatic N) is 1. The Kier molecular flexibility index (Phi) is 6.23. The maximum absolute atomic E-state index is 9.69. The van der Waals surface area contributed by atoms with E-state index in [1.54, 1.807) is 0 Å². The predicted molar refractivity (Wildman–Crippen MR) is 109 cm³/mol. The van der Waals surface area contributed by atoms with E-state index in [1.165, 1.54) is 0 Å². The van der Waals surface area contributed by atoms with Gasteiger partial charge in [0.25, 0.3) is 0 Å². The summed E-state index contributed by atoms with van der Waals surface area (Å²) in [6, 6.07) is 2.59. The van der Waals surface area contributed by atoms with E-state index >= 15 is 0 Å². The average molecular weight is 388 g/mol. The van der Waals surface area contributed by atoms with Crippen LogP contribution in [0.3, 0.4) is 0 Å². The second-order valence-electron chi connectivity index (χ2n) is 9.07. The maximum Gasteiger partial charge on any atom is 0.496 e. The summed E-state index contributed by atoms with van der Waals surface area (Å²) in [5, 5.41) is 27.7. The molecule has 0 aliphatic carbocycles. The number of hydrogen-bond acceptors (Lipinski definition) is 7. The average Bonchev–Trinajstić information content (AvgIpc) is 2.88. The van der Waals surface area contributed by atoms with Crippen LogP contribution in [0.2, 0.25) is 0 Å². The zero-order valence-corrected chi connectivity index (χ0v) is 17.4. The molecule has 0 aromatic heterocycles. The predicted octanol–water partition coefficient (Wildman–Crippen LogP) is 0.874. The van der Waals surface area contributed by atoms with Gasteiger partial charge < -0.3 is 30.4 Å². The van der Waals surface area contributed by atoms with Gasteiger partial charge in [-0.2, -0.15) is 5.26 Å². The third-order valence-electron chi connectivity index (χ3n) is 6.51. The molecule has 8 heteroatoms. The van der Waals surface area contributed by atoms with Crippen LogP contribution in [0, 0.1) is 16.7 Å². The zero-order chi connectivity index (χ0) is 20.4. The lowest BCUT2D eigenvalue weighted by Gasteiger charge is -2.38. The molecule has 3 saturated heterocycles. The summed E-state index contributed by atoms with van der Waals surface area (Å²) < 4.78 is 12.2. The molecule has 0 spiro atoms. The van der Waals surface area contributed by atoms with Crippen LogP contribution < -0.4 is 16.0 Å². The summed E-state index contributed by atoms with van der Waals surface area (Å²) in [6.07, 6.45) is 7.78.